The molecule has 0 aromatic heterocycles. The van der Waals surface area contributed by atoms with Crippen LogP contribution in [0, 0.1) is 0 Å². The largest absolute Gasteiger partial charge is 0.497 e. The van der Waals surface area contributed by atoms with Gasteiger partial charge in [0.15, 0.2) is 0 Å². The van der Waals surface area contributed by atoms with E-state index in [2.05, 4.69) is 5.32 Å². The molecule has 176 valence electrons. The molecule has 6 nitrogen and oxygen atoms in total. The molecule has 0 radical (unpaired) electrons. The van der Waals surface area contributed by atoms with E-state index in [1.807, 2.05) is 77.7 Å². The van der Waals surface area contributed by atoms with Gasteiger partial charge in [-0.2, -0.15) is 0 Å². The molecular formula is C28H30N2O4. The predicted molar refractivity (Wildman–Crippen MR) is 131 cm³/mol. The van der Waals surface area contributed by atoms with Crippen LogP contribution in [0.4, 0.5) is 0 Å². The average Bonchev–Trinajstić information content (AvgIpc) is 3.28. The lowest BCUT2D eigenvalue weighted by molar-refractivity contribution is -0.128. The number of nitrogens with one attached hydrogen (secondary N) is 1. The Kier molecular flexibility index (Phi) is 7.48. The zero-order valence-electron chi connectivity index (χ0n) is 19.6. The number of methoxy groups -OCH3 is 2. The van der Waals surface area contributed by atoms with E-state index in [9.17, 15) is 9.59 Å². The fraction of sp³-hybridized carbons (Fsp3) is 0.286. The molecule has 4 rings (SSSR count). The lowest BCUT2D eigenvalue weighted by Gasteiger charge is -2.20. The van der Waals surface area contributed by atoms with Crippen molar-refractivity contribution in [3.8, 4) is 11.5 Å². The van der Waals surface area contributed by atoms with Gasteiger partial charge in [-0.15, -0.1) is 0 Å². The highest BCUT2D eigenvalue weighted by molar-refractivity contribution is 5.94. The first-order valence-corrected chi connectivity index (χ1v) is 11.5. The van der Waals surface area contributed by atoms with Crippen molar-refractivity contribution in [3.05, 3.63) is 95.1 Å². The number of carbonyl (C=O) groups is 2. The van der Waals surface area contributed by atoms with Crippen molar-refractivity contribution in [2.75, 3.05) is 20.8 Å². The van der Waals surface area contributed by atoms with E-state index in [-0.39, 0.29) is 17.9 Å². The molecule has 1 saturated heterocycles. The Labute approximate surface area is 200 Å². The molecule has 0 bridgehead atoms. The van der Waals surface area contributed by atoms with Gasteiger partial charge in [0.1, 0.15) is 11.5 Å². The van der Waals surface area contributed by atoms with Crippen molar-refractivity contribution < 1.29 is 19.1 Å². The number of hydrogen-bond acceptors (Lipinski definition) is 4. The van der Waals surface area contributed by atoms with Gasteiger partial charge in [0.05, 0.1) is 20.3 Å². The number of carbonyl (C=O) groups excluding carboxylic acids is 2. The first-order valence-electron chi connectivity index (χ1n) is 11.5. The lowest BCUT2D eigenvalue weighted by atomic mass is 9.98. The van der Waals surface area contributed by atoms with Crippen LogP contribution in [-0.4, -0.2) is 37.5 Å². The number of rotatable bonds is 9. The maximum Gasteiger partial charge on any atom is 0.251 e. The first-order chi connectivity index (χ1) is 16.6. The van der Waals surface area contributed by atoms with E-state index < -0.39 is 0 Å². The van der Waals surface area contributed by atoms with E-state index in [1.54, 1.807) is 14.2 Å². The van der Waals surface area contributed by atoms with Crippen molar-refractivity contribution in [2.24, 2.45) is 0 Å². The summed E-state index contributed by atoms with van der Waals surface area (Å²) in [5, 5.41) is 3.19. The van der Waals surface area contributed by atoms with Crippen LogP contribution < -0.4 is 14.8 Å². The highest BCUT2D eigenvalue weighted by atomic mass is 16.5. The topological polar surface area (TPSA) is 67.9 Å². The van der Waals surface area contributed by atoms with Crippen molar-refractivity contribution in [1.82, 2.24) is 10.2 Å². The quantitative estimate of drug-likeness (QED) is 0.511. The molecule has 0 saturated carbocycles. The summed E-state index contributed by atoms with van der Waals surface area (Å²) >= 11 is 0. The van der Waals surface area contributed by atoms with Crippen LogP contribution in [0.2, 0.25) is 0 Å². The third-order valence-corrected chi connectivity index (χ3v) is 6.18. The molecule has 0 unspecified atom stereocenters. The summed E-state index contributed by atoms with van der Waals surface area (Å²) in [4.78, 5) is 26.9. The highest BCUT2D eigenvalue weighted by Gasteiger charge is 2.21. The van der Waals surface area contributed by atoms with Crippen LogP contribution in [0.5, 0.6) is 11.5 Å². The fourth-order valence-electron chi connectivity index (χ4n) is 4.18. The Bertz CT molecular complexity index is 1110. The summed E-state index contributed by atoms with van der Waals surface area (Å²) in [6.45, 7) is 1.39. The molecule has 1 aliphatic heterocycles. The average molecular weight is 459 g/mol. The molecule has 1 N–H and O–H groups in total. The van der Waals surface area contributed by atoms with Crippen LogP contribution in [0.3, 0.4) is 0 Å². The number of amides is 2. The molecule has 2 amide bonds. The minimum absolute atomic E-state index is 0.141. The molecule has 1 atom stereocenters. The zero-order chi connectivity index (χ0) is 23.9. The summed E-state index contributed by atoms with van der Waals surface area (Å²) < 4.78 is 10.5. The standard InChI is InChI=1S/C28H30N2O4/c1-33-24-13-7-20(8-14-24)18-26(22-11-15-25(34-2)16-12-22)29-28(32)23-9-5-21(6-10-23)19-30-17-3-4-27(30)31/h5-16,26H,3-4,17-19H2,1-2H3,(H,29,32)/t26-/m0/s1. The summed E-state index contributed by atoms with van der Waals surface area (Å²) in [5.41, 5.74) is 3.70. The van der Waals surface area contributed by atoms with Gasteiger partial charge >= 0.3 is 0 Å². The molecule has 6 heteroatoms. The van der Waals surface area contributed by atoms with Crippen LogP contribution in [-0.2, 0) is 17.8 Å². The molecule has 0 spiro atoms. The third kappa shape index (κ3) is 5.76. The van der Waals surface area contributed by atoms with Gasteiger partial charge in [-0.25, -0.2) is 0 Å². The van der Waals surface area contributed by atoms with E-state index in [1.165, 1.54) is 0 Å². The van der Waals surface area contributed by atoms with Gasteiger partial charge in [0.25, 0.3) is 5.91 Å². The highest BCUT2D eigenvalue weighted by Crippen LogP contribution is 2.23. The molecule has 1 fully saturated rings. The number of likely N-dealkylation sites (tertiary alicyclic amines) is 1. The summed E-state index contributed by atoms with van der Waals surface area (Å²) in [6, 6.07) is 22.9. The predicted octanol–water partition coefficient (Wildman–Crippen LogP) is 4.54. The van der Waals surface area contributed by atoms with Gasteiger partial charge in [-0.3, -0.25) is 9.59 Å². The minimum Gasteiger partial charge on any atom is -0.497 e. The Balaban J connectivity index is 1.48. The van der Waals surface area contributed by atoms with Crippen LogP contribution >= 0.6 is 0 Å². The Morgan fingerprint density at radius 3 is 2.03 bits per heavy atom. The van der Waals surface area contributed by atoms with Gasteiger partial charge in [-0.05, 0) is 65.9 Å². The maximum absolute atomic E-state index is 13.1. The van der Waals surface area contributed by atoms with Gasteiger partial charge in [0.2, 0.25) is 5.91 Å². The molecule has 0 aliphatic carbocycles. The second-order valence-corrected chi connectivity index (χ2v) is 8.47. The van der Waals surface area contributed by atoms with E-state index >= 15 is 0 Å². The van der Waals surface area contributed by atoms with Crippen LogP contribution in [0.15, 0.2) is 72.8 Å². The normalized spacial score (nSPS) is 14.1. The lowest BCUT2D eigenvalue weighted by Crippen LogP contribution is -2.30. The smallest absolute Gasteiger partial charge is 0.251 e. The summed E-state index contributed by atoms with van der Waals surface area (Å²) in [7, 11) is 3.28. The first kappa shape index (κ1) is 23.4. The SMILES string of the molecule is COc1ccc(C[C@H](NC(=O)c2ccc(CN3CCCC3=O)cc2)c2ccc(OC)cc2)cc1. The Morgan fingerprint density at radius 2 is 1.47 bits per heavy atom. The number of hydrogen-bond donors (Lipinski definition) is 1. The van der Waals surface area contributed by atoms with E-state index in [0.717, 1.165) is 41.2 Å². The monoisotopic (exact) mass is 458 g/mol. The third-order valence-electron chi connectivity index (χ3n) is 6.18. The molecule has 34 heavy (non-hydrogen) atoms. The zero-order valence-corrected chi connectivity index (χ0v) is 19.6. The number of benzene rings is 3. The Morgan fingerprint density at radius 1 is 0.882 bits per heavy atom. The number of nitrogens with zero attached hydrogens (tertiary/aromatic N) is 1. The molecule has 1 aliphatic rings. The minimum atomic E-state index is -0.214. The summed E-state index contributed by atoms with van der Waals surface area (Å²) in [5.74, 6) is 1.62. The second kappa shape index (κ2) is 10.9. The van der Waals surface area contributed by atoms with Gasteiger partial charge < -0.3 is 19.7 Å². The van der Waals surface area contributed by atoms with Crippen LogP contribution in [0.1, 0.15) is 45.9 Å². The van der Waals surface area contributed by atoms with Gasteiger partial charge in [0, 0.05) is 25.1 Å². The van der Waals surface area contributed by atoms with Gasteiger partial charge in [-0.1, -0.05) is 36.4 Å². The second-order valence-electron chi connectivity index (χ2n) is 8.47. The van der Waals surface area contributed by atoms with Crippen LogP contribution in [0.25, 0.3) is 0 Å². The fourth-order valence-corrected chi connectivity index (χ4v) is 4.18. The van der Waals surface area contributed by atoms with Crippen molar-refractivity contribution in [1.29, 1.82) is 0 Å². The van der Waals surface area contributed by atoms with Crippen molar-refractivity contribution in [3.63, 3.8) is 0 Å². The molecule has 3 aromatic carbocycles. The van der Waals surface area contributed by atoms with E-state index in [4.69, 9.17) is 9.47 Å². The van der Waals surface area contributed by atoms with Crippen molar-refractivity contribution in [2.45, 2.75) is 31.8 Å². The summed E-state index contributed by atoms with van der Waals surface area (Å²) in [6.07, 6.45) is 2.18. The Hall–Kier alpha value is -3.80. The maximum atomic E-state index is 13.1. The number of ether oxygens (including phenoxy) is 2. The molecule has 1 heterocycles. The van der Waals surface area contributed by atoms with E-state index in [0.29, 0.717) is 24.9 Å². The molecular weight excluding hydrogens is 428 g/mol. The molecule has 3 aromatic rings. The van der Waals surface area contributed by atoms with Crippen molar-refractivity contribution >= 4 is 11.8 Å².